The van der Waals surface area contributed by atoms with E-state index in [1.165, 1.54) is 11.3 Å². The van der Waals surface area contributed by atoms with Crippen LogP contribution in [0, 0.1) is 22.7 Å². The van der Waals surface area contributed by atoms with Crippen LogP contribution in [0.2, 0.25) is 0 Å². The van der Waals surface area contributed by atoms with Gasteiger partial charge in [0.25, 0.3) is 0 Å². The van der Waals surface area contributed by atoms with E-state index in [2.05, 4.69) is 16.9 Å². The van der Waals surface area contributed by atoms with Crippen LogP contribution in [0.3, 0.4) is 0 Å². The van der Waals surface area contributed by atoms with Crippen molar-refractivity contribution in [1.82, 2.24) is 10.3 Å². The van der Waals surface area contributed by atoms with Crippen LogP contribution in [0.25, 0.3) is 10.4 Å². The Morgan fingerprint density at radius 3 is 2.67 bits per heavy atom. The van der Waals surface area contributed by atoms with E-state index in [4.69, 9.17) is 15.3 Å². The molecule has 1 amide bonds. The molecule has 0 saturated heterocycles. The third-order valence-electron chi connectivity index (χ3n) is 3.42. The van der Waals surface area contributed by atoms with Gasteiger partial charge in [-0.15, -0.1) is 17.9 Å². The standard InChI is InChI=1S/C19H16N4O3S/c1-2-3-4-15(24)22-12-16-23-17(19(25)26-10-9-20)18(27-16)14-7-5-13(11-21)6-8-14/h2,5-8H,1,3-4,10,12H2,(H,22,24). The summed E-state index contributed by atoms with van der Waals surface area (Å²) in [5, 5.41) is 20.8. The van der Waals surface area contributed by atoms with Crippen LogP contribution in [0.5, 0.6) is 0 Å². The zero-order valence-electron chi connectivity index (χ0n) is 14.4. The number of carbonyl (C=O) groups excluding carboxylic acids is 2. The first-order valence-corrected chi connectivity index (χ1v) is 8.82. The number of nitriles is 2. The maximum Gasteiger partial charge on any atom is 0.359 e. The van der Waals surface area contributed by atoms with E-state index < -0.39 is 5.97 Å². The molecule has 0 fully saturated rings. The minimum absolute atomic E-state index is 0.0790. The van der Waals surface area contributed by atoms with Gasteiger partial charge in [0.15, 0.2) is 12.3 Å². The Kier molecular flexibility index (Phi) is 7.24. The van der Waals surface area contributed by atoms with Crippen molar-refractivity contribution >= 4 is 23.2 Å². The number of benzene rings is 1. The van der Waals surface area contributed by atoms with Crippen LogP contribution in [-0.4, -0.2) is 23.5 Å². The Bertz CT molecular complexity index is 920. The van der Waals surface area contributed by atoms with Crippen molar-refractivity contribution in [2.24, 2.45) is 0 Å². The van der Waals surface area contributed by atoms with Gasteiger partial charge < -0.3 is 10.1 Å². The molecule has 2 aromatic rings. The molecule has 0 aliphatic rings. The van der Waals surface area contributed by atoms with Crippen molar-refractivity contribution in [3.05, 3.63) is 53.2 Å². The van der Waals surface area contributed by atoms with Crippen molar-refractivity contribution < 1.29 is 14.3 Å². The highest BCUT2D eigenvalue weighted by Gasteiger charge is 2.21. The average Bonchev–Trinajstić information content (AvgIpc) is 3.13. The van der Waals surface area contributed by atoms with Gasteiger partial charge in [0.05, 0.1) is 23.1 Å². The Balaban J connectivity index is 2.26. The van der Waals surface area contributed by atoms with Crippen LogP contribution in [0.15, 0.2) is 36.9 Å². The van der Waals surface area contributed by atoms with E-state index in [9.17, 15) is 9.59 Å². The van der Waals surface area contributed by atoms with Crippen molar-refractivity contribution in [1.29, 1.82) is 10.5 Å². The molecule has 8 heteroatoms. The van der Waals surface area contributed by atoms with E-state index in [1.807, 2.05) is 6.07 Å². The molecule has 2 rings (SSSR count). The maximum absolute atomic E-state index is 12.2. The summed E-state index contributed by atoms with van der Waals surface area (Å²) in [7, 11) is 0. The molecule has 136 valence electrons. The molecule has 0 unspecified atom stereocenters. The first kappa shape index (κ1) is 19.8. The molecule has 7 nitrogen and oxygen atoms in total. The number of carbonyl (C=O) groups is 2. The van der Waals surface area contributed by atoms with Gasteiger partial charge in [-0.2, -0.15) is 10.5 Å². The number of hydrogen-bond donors (Lipinski definition) is 1. The van der Waals surface area contributed by atoms with Crippen LogP contribution in [0.4, 0.5) is 0 Å². The van der Waals surface area contributed by atoms with Gasteiger partial charge in [0.2, 0.25) is 5.91 Å². The van der Waals surface area contributed by atoms with Crippen LogP contribution in [0.1, 0.15) is 33.9 Å². The minimum atomic E-state index is -0.712. The second-order valence-electron chi connectivity index (χ2n) is 5.31. The molecule has 0 spiro atoms. The van der Waals surface area contributed by atoms with Crippen molar-refractivity contribution in [3.63, 3.8) is 0 Å². The lowest BCUT2D eigenvalue weighted by Crippen LogP contribution is -2.22. The molecule has 27 heavy (non-hydrogen) atoms. The molecule has 0 atom stereocenters. The molecule has 0 radical (unpaired) electrons. The Labute approximate surface area is 160 Å². The van der Waals surface area contributed by atoms with Crippen LogP contribution in [-0.2, 0) is 16.1 Å². The van der Waals surface area contributed by atoms with Crippen molar-refractivity contribution in [3.8, 4) is 22.6 Å². The Morgan fingerprint density at radius 2 is 2.04 bits per heavy atom. The molecular weight excluding hydrogens is 364 g/mol. The van der Waals surface area contributed by atoms with Crippen molar-refractivity contribution in [2.75, 3.05) is 6.61 Å². The first-order chi connectivity index (χ1) is 13.1. The smallest absolute Gasteiger partial charge is 0.359 e. The summed E-state index contributed by atoms with van der Waals surface area (Å²) >= 11 is 1.24. The summed E-state index contributed by atoms with van der Waals surface area (Å²) in [6.07, 6.45) is 2.57. The highest BCUT2D eigenvalue weighted by atomic mass is 32.1. The molecule has 0 aliphatic carbocycles. The van der Waals surface area contributed by atoms with Gasteiger partial charge >= 0.3 is 5.97 Å². The highest BCUT2D eigenvalue weighted by molar-refractivity contribution is 7.15. The zero-order chi connectivity index (χ0) is 19.6. The monoisotopic (exact) mass is 380 g/mol. The van der Waals surface area contributed by atoms with Gasteiger partial charge in [-0.3, -0.25) is 4.79 Å². The first-order valence-electron chi connectivity index (χ1n) is 8.01. The predicted molar refractivity (Wildman–Crippen MR) is 99.4 cm³/mol. The highest BCUT2D eigenvalue weighted by Crippen LogP contribution is 2.31. The van der Waals surface area contributed by atoms with Gasteiger partial charge in [0.1, 0.15) is 11.1 Å². The lowest BCUT2D eigenvalue weighted by Gasteiger charge is -2.01. The zero-order valence-corrected chi connectivity index (χ0v) is 15.2. The number of amides is 1. The number of rotatable bonds is 8. The van der Waals surface area contributed by atoms with E-state index in [1.54, 1.807) is 36.4 Å². The molecule has 1 aromatic carbocycles. The minimum Gasteiger partial charge on any atom is -0.446 e. The summed E-state index contributed by atoms with van der Waals surface area (Å²) < 4.78 is 4.87. The molecule has 0 saturated carbocycles. The van der Waals surface area contributed by atoms with Crippen molar-refractivity contribution in [2.45, 2.75) is 19.4 Å². The largest absolute Gasteiger partial charge is 0.446 e. The summed E-state index contributed by atoms with van der Waals surface area (Å²) in [4.78, 5) is 28.8. The maximum atomic E-state index is 12.2. The third-order valence-corrected chi connectivity index (χ3v) is 4.53. The molecule has 1 N–H and O–H groups in total. The lowest BCUT2D eigenvalue weighted by atomic mass is 10.1. The fraction of sp³-hybridized carbons (Fsp3) is 0.211. The fourth-order valence-corrected chi connectivity index (χ4v) is 3.13. The lowest BCUT2D eigenvalue weighted by molar-refractivity contribution is -0.121. The Hall–Kier alpha value is -3.49. The normalized spacial score (nSPS) is 9.70. The number of ether oxygens (including phenoxy) is 1. The van der Waals surface area contributed by atoms with Gasteiger partial charge in [-0.25, -0.2) is 9.78 Å². The molecular formula is C19H16N4O3S. The number of allylic oxidation sites excluding steroid dienone is 1. The number of thiazole rings is 1. The number of hydrogen-bond acceptors (Lipinski definition) is 7. The number of esters is 1. The third kappa shape index (κ3) is 5.50. The second-order valence-corrected chi connectivity index (χ2v) is 6.40. The van der Waals surface area contributed by atoms with Gasteiger partial charge in [0, 0.05) is 6.42 Å². The van der Waals surface area contributed by atoms with Gasteiger partial charge in [-0.1, -0.05) is 18.2 Å². The topological polar surface area (TPSA) is 116 Å². The van der Waals surface area contributed by atoms with E-state index in [0.717, 1.165) is 0 Å². The fourth-order valence-electron chi connectivity index (χ4n) is 2.13. The van der Waals surface area contributed by atoms with Crippen LogP contribution >= 0.6 is 11.3 Å². The second kappa shape index (κ2) is 9.85. The molecule has 1 heterocycles. The molecule has 1 aromatic heterocycles. The molecule has 0 aliphatic heterocycles. The van der Waals surface area contributed by atoms with Crippen LogP contribution < -0.4 is 5.32 Å². The number of aromatic nitrogens is 1. The number of nitrogens with one attached hydrogen (secondary N) is 1. The Morgan fingerprint density at radius 1 is 1.30 bits per heavy atom. The number of nitrogens with zero attached hydrogens (tertiary/aromatic N) is 3. The molecule has 0 bridgehead atoms. The average molecular weight is 380 g/mol. The predicted octanol–water partition coefficient (Wildman–Crippen LogP) is 2.94. The quantitative estimate of drug-likeness (QED) is 0.556. The van der Waals surface area contributed by atoms with Gasteiger partial charge in [-0.05, 0) is 24.1 Å². The van der Waals surface area contributed by atoms with E-state index in [-0.39, 0.29) is 24.8 Å². The van der Waals surface area contributed by atoms with E-state index >= 15 is 0 Å². The van der Waals surface area contributed by atoms with E-state index in [0.29, 0.717) is 33.9 Å². The summed E-state index contributed by atoms with van der Waals surface area (Å²) in [5.41, 5.74) is 1.27. The SMILES string of the molecule is C=CCCC(=O)NCc1nc(C(=O)OCC#N)c(-c2ccc(C#N)cc2)s1. The summed E-state index contributed by atoms with van der Waals surface area (Å²) in [6.45, 7) is 3.37. The summed E-state index contributed by atoms with van der Waals surface area (Å²) in [5.74, 6) is -0.852. The summed E-state index contributed by atoms with van der Waals surface area (Å²) in [6, 6.07) is 10.5.